The molecule has 0 unspecified atom stereocenters. The summed E-state index contributed by atoms with van der Waals surface area (Å²) in [4.78, 5) is 8.36. The summed E-state index contributed by atoms with van der Waals surface area (Å²) < 4.78 is 1.18. The summed E-state index contributed by atoms with van der Waals surface area (Å²) in [5, 5.41) is 20.6. The van der Waals surface area contributed by atoms with E-state index in [1.807, 2.05) is 0 Å². The van der Waals surface area contributed by atoms with Gasteiger partial charge in [-0.05, 0) is 0 Å². The third kappa shape index (κ3) is 3.84. The minimum absolute atomic E-state index is 0.338. The van der Waals surface area contributed by atoms with Crippen LogP contribution in [0.3, 0.4) is 0 Å². The lowest BCUT2D eigenvalue weighted by Crippen LogP contribution is -2.17. The third-order valence-electron chi connectivity index (χ3n) is 0.702. The van der Waals surface area contributed by atoms with Gasteiger partial charge in [-0.15, -0.1) is 20.3 Å². The Labute approximate surface area is 65.8 Å². The number of rotatable bonds is 1. The predicted molar refractivity (Wildman–Crippen MR) is 36.8 cm³/mol. The van der Waals surface area contributed by atoms with Crippen LogP contribution in [-0.4, -0.2) is 25.2 Å². The number of nitrogens with one attached hydrogen (secondary N) is 1. The number of hydrogen-bond donors (Lipinski definition) is 4. The molecule has 1 rings (SSSR count). The molecule has 0 spiro atoms. The average Bonchev–Trinajstić information content (AvgIpc) is 2.33. The van der Waals surface area contributed by atoms with Gasteiger partial charge in [-0.1, -0.05) is 0 Å². The van der Waals surface area contributed by atoms with Crippen molar-refractivity contribution in [2.24, 2.45) is 5.84 Å². The summed E-state index contributed by atoms with van der Waals surface area (Å²) in [6.07, 6.45) is 1.34. The van der Waals surface area contributed by atoms with Crippen molar-refractivity contribution in [1.82, 2.24) is 14.9 Å². The Hall–Kier alpha value is -2.10. The fourth-order valence-corrected chi connectivity index (χ4v) is 0.346. The Morgan fingerprint density at radius 3 is 2.50 bits per heavy atom. The molecule has 0 aliphatic rings. The molecule has 0 aromatic carbocycles. The number of anilines is 1. The Morgan fingerprint density at radius 2 is 2.33 bits per heavy atom. The minimum atomic E-state index is -1.50. The maximum atomic E-state index is 8.36. The lowest BCUT2D eigenvalue weighted by atomic mass is 11.1. The van der Waals surface area contributed by atoms with Crippen molar-refractivity contribution in [2.45, 2.75) is 0 Å². The van der Waals surface area contributed by atoms with Crippen LogP contribution in [0.25, 0.3) is 0 Å². The molecule has 6 N–H and O–H groups in total. The largest absolute Gasteiger partial charge is 0.335 e. The van der Waals surface area contributed by atoms with Gasteiger partial charge in [-0.3, -0.25) is 5.43 Å². The average molecular weight is 177 g/mol. The van der Waals surface area contributed by atoms with Crippen molar-refractivity contribution >= 4 is 5.95 Å². The first-order valence-electron chi connectivity index (χ1n) is 2.53. The molecule has 0 aliphatic carbocycles. The molecular weight excluding hydrogens is 170 g/mol. The first-order chi connectivity index (χ1) is 5.57. The van der Waals surface area contributed by atoms with E-state index in [0.717, 1.165) is 0 Å². The van der Waals surface area contributed by atoms with E-state index in [-0.39, 0.29) is 0 Å². The highest BCUT2D eigenvalue weighted by atomic mass is 16.9. The number of nitrogen functional groups attached to an aromatic ring is 2. The van der Waals surface area contributed by atoms with Gasteiger partial charge in [-0.2, -0.15) is 0 Å². The second-order valence-corrected chi connectivity index (χ2v) is 1.44. The molecule has 0 radical (unpaired) electrons. The number of hydrazine groups is 1. The smallest absolute Gasteiger partial charge is 0.291 e. The van der Waals surface area contributed by atoms with Gasteiger partial charge in [0.05, 0.1) is 0 Å². The number of nitrogens with zero attached hydrogens (tertiary/aromatic N) is 4. The highest BCUT2D eigenvalue weighted by molar-refractivity contribution is 5.19. The zero-order chi connectivity index (χ0) is 9.56. The molecule has 0 saturated carbocycles. The highest BCUT2D eigenvalue weighted by Gasteiger charge is 1.92. The van der Waals surface area contributed by atoms with E-state index in [0.29, 0.717) is 5.95 Å². The lowest BCUT2D eigenvalue weighted by Gasteiger charge is -1.93. The molecule has 0 amide bonds. The van der Waals surface area contributed by atoms with E-state index in [2.05, 4.69) is 15.6 Å². The summed E-state index contributed by atoms with van der Waals surface area (Å²) in [5.41, 5.74) is 2.24. The van der Waals surface area contributed by atoms with Crippen molar-refractivity contribution in [2.75, 3.05) is 11.3 Å². The van der Waals surface area contributed by atoms with Crippen molar-refractivity contribution in [3.63, 3.8) is 0 Å². The first-order valence-corrected chi connectivity index (χ1v) is 2.53. The van der Waals surface area contributed by atoms with Gasteiger partial charge in [0.1, 0.15) is 6.33 Å². The molecule has 1 aromatic rings. The number of aromatic nitrogens is 3. The molecule has 1 heterocycles. The van der Waals surface area contributed by atoms with Crippen LogP contribution < -0.4 is 17.1 Å². The fourth-order valence-electron chi connectivity index (χ4n) is 0.346. The van der Waals surface area contributed by atoms with Crippen molar-refractivity contribution in [3.05, 3.63) is 16.4 Å². The van der Waals surface area contributed by atoms with Crippen LogP contribution in [0.15, 0.2) is 6.33 Å². The second-order valence-electron chi connectivity index (χ2n) is 1.44. The van der Waals surface area contributed by atoms with Gasteiger partial charge >= 0.3 is 0 Å². The van der Waals surface area contributed by atoms with Crippen molar-refractivity contribution < 1.29 is 10.3 Å². The monoisotopic (exact) mass is 177 g/mol. The van der Waals surface area contributed by atoms with Gasteiger partial charge < -0.3 is 11.0 Å². The van der Waals surface area contributed by atoms with Crippen molar-refractivity contribution in [1.29, 1.82) is 0 Å². The normalized spacial score (nSPS) is 8.08. The molecule has 0 saturated heterocycles. The van der Waals surface area contributed by atoms with E-state index in [4.69, 9.17) is 27.0 Å². The predicted octanol–water partition coefficient (Wildman–Crippen LogP) is -2.07. The van der Waals surface area contributed by atoms with Crippen LogP contribution in [0.1, 0.15) is 0 Å². The van der Waals surface area contributed by atoms with Crippen LogP contribution in [0, 0.1) is 10.1 Å². The highest BCUT2D eigenvalue weighted by Crippen LogP contribution is 1.89. The van der Waals surface area contributed by atoms with E-state index < -0.39 is 5.09 Å². The Bertz CT molecular complexity index is 241. The maximum absolute atomic E-state index is 8.36. The molecule has 0 atom stereocenters. The summed E-state index contributed by atoms with van der Waals surface area (Å²) in [6, 6.07) is 0. The first kappa shape index (κ1) is 9.90. The molecule has 12 heavy (non-hydrogen) atoms. The second kappa shape index (κ2) is 4.68. The van der Waals surface area contributed by atoms with Gasteiger partial charge in [0, 0.05) is 0 Å². The molecule has 0 bridgehead atoms. The molecule has 68 valence electrons. The van der Waals surface area contributed by atoms with Crippen LogP contribution in [0.2, 0.25) is 0 Å². The van der Waals surface area contributed by atoms with Gasteiger partial charge in [0.2, 0.25) is 0 Å². The van der Waals surface area contributed by atoms with E-state index in [1.54, 1.807) is 0 Å². The lowest BCUT2D eigenvalue weighted by molar-refractivity contribution is -0.742. The zero-order valence-electron chi connectivity index (χ0n) is 5.78. The van der Waals surface area contributed by atoms with Crippen LogP contribution in [0.4, 0.5) is 5.95 Å². The van der Waals surface area contributed by atoms with E-state index in [9.17, 15) is 0 Å². The quantitative estimate of drug-likeness (QED) is 0.216. The van der Waals surface area contributed by atoms with Crippen LogP contribution in [-0.2, 0) is 0 Å². The van der Waals surface area contributed by atoms with E-state index >= 15 is 0 Å². The van der Waals surface area contributed by atoms with E-state index in [1.165, 1.54) is 11.0 Å². The standard InChI is InChI=1S/C2H6N6.HNO3/c3-6-2-7-5-1-8(2)4;2-1(3)4/h1H,3-4H2,(H,6,7);(H,2,3,4). The number of hydrogen-bond acceptors (Lipinski definition) is 7. The SMILES string of the molecule is NNc1nncn1N.O=[N+]([O-])O. The Kier molecular flexibility index (Phi) is 3.86. The van der Waals surface area contributed by atoms with Crippen LogP contribution >= 0.6 is 0 Å². The third-order valence-corrected chi connectivity index (χ3v) is 0.702. The fraction of sp³-hybridized carbons (Fsp3) is 0. The molecule has 0 aliphatic heterocycles. The number of nitrogens with two attached hydrogens (primary N) is 2. The molecule has 10 nitrogen and oxygen atoms in total. The summed E-state index contributed by atoms with van der Waals surface area (Å²) in [5.74, 6) is 10.5. The molecule has 10 heteroatoms. The van der Waals surface area contributed by atoms with Gasteiger partial charge in [0.15, 0.2) is 0 Å². The maximum Gasteiger partial charge on any atom is 0.291 e. The molecular formula is C2H7N7O3. The minimum Gasteiger partial charge on any atom is -0.335 e. The summed E-state index contributed by atoms with van der Waals surface area (Å²) in [6.45, 7) is 0. The molecule has 1 aromatic heterocycles. The zero-order valence-corrected chi connectivity index (χ0v) is 5.78. The molecule has 0 fully saturated rings. The Morgan fingerprint density at radius 1 is 1.83 bits per heavy atom. The van der Waals surface area contributed by atoms with Gasteiger partial charge in [-0.25, -0.2) is 10.5 Å². The van der Waals surface area contributed by atoms with Crippen LogP contribution in [0.5, 0.6) is 0 Å². The Balaban J connectivity index is 0.000000261. The van der Waals surface area contributed by atoms with Gasteiger partial charge in [0.25, 0.3) is 11.0 Å². The topological polar surface area (TPSA) is 158 Å². The van der Waals surface area contributed by atoms with Crippen molar-refractivity contribution in [3.8, 4) is 0 Å². The summed E-state index contributed by atoms with van der Waals surface area (Å²) >= 11 is 0. The summed E-state index contributed by atoms with van der Waals surface area (Å²) in [7, 11) is 0.